The quantitative estimate of drug-likeness (QED) is 0.462. The molecule has 156 valence electrons. The maximum absolute atomic E-state index is 12.6. The third kappa shape index (κ3) is 7.16. The number of aldehydes is 1. The van der Waals surface area contributed by atoms with E-state index in [2.05, 4.69) is 33.4 Å². The van der Waals surface area contributed by atoms with Gasteiger partial charge in [-0.15, -0.1) is 12.8 Å². The van der Waals surface area contributed by atoms with Gasteiger partial charge in [-0.1, -0.05) is 30.7 Å². The number of halogens is 1. The second-order valence-corrected chi connectivity index (χ2v) is 6.49. The molecular weight excluding hydrogens is 371 g/mol. The van der Waals surface area contributed by atoms with Crippen molar-refractivity contribution in [3.05, 3.63) is 46.9 Å². The molecule has 0 spiro atoms. The molecule has 0 atom stereocenters. The van der Waals surface area contributed by atoms with Gasteiger partial charge in [0.2, 0.25) is 0 Å². The lowest BCUT2D eigenvalue weighted by Crippen LogP contribution is -2.22. The van der Waals surface area contributed by atoms with Crippen LogP contribution in [-0.2, 0) is 13.2 Å². The van der Waals surface area contributed by atoms with Crippen molar-refractivity contribution in [3.63, 3.8) is 0 Å². The van der Waals surface area contributed by atoms with E-state index in [1.165, 1.54) is 19.3 Å². The Kier molecular flexibility index (Phi) is 11.0. The minimum Gasteiger partial charge on any atom is -0.400 e. The van der Waals surface area contributed by atoms with Crippen LogP contribution in [0.4, 0.5) is 15.9 Å². The molecule has 29 heavy (non-hydrogen) atoms. The van der Waals surface area contributed by atoms with Gasteiger partial charge in [-0.25, -0.2) is 14.4 Å². The monoisotopic (exact) mass is 400 g/mol. The number of aromatic nitrogens is 2. The third-order valence-corrected chi connectivity index (χ3v) is 4.64. The highest BCUT2D eigenvalue weighted by molar-refractivity contribution is 5.74. The van der Waals surface area contributed by atoms with Gasteiger partial charge in [0, 0.05) is 20.2 Å². The normalized spacial score (nSPS) is 12.3. The number of benzene rings is 1. The Labute approximate surface area is 172 Å². The molecule has 0 unspecified atom stereocenters. The number of nitrogens with one attached hydrogen (secondary N) is 2. The lowest BCUT2D eigenvalue weighted by molar-refractivity contribution is 0.111. The van der Waals surface area contributed by atoms with Gasteiger partial charge in [0.15, 0.2) is 17.9 Å². The Hall–Kier alpha value is -2.98. The molecule has 6 nitrogen and oxygen atoms in total. The van der Waals surface area contributed by atoms with Gasteiger partial charge in [0.1, 0.15) is 6.67 Å². The Morgan fingerprint density at radius 3 is 2.28 bits per heavy atom. The number of alkyl halides is 1. The molecule has 3 rings (SSSR count). The predicted octanol–water partition coefficient (Wildman–Crippen LogP) is 3.75. The topological polar surface area (TPSA) is 87.1 Å². The summed E-state index contributed by atoms with van der Waals surface area (Å²) in [4.78, 5) is 19.6. The fraction of sp³-hybridized carbons (Fsp3) is 0.409. The summed E-state index contributed by atoms with van der Waals surface area (Å²) in [6.45, 7) is 2.84. The summed E-state index contributed by atoms with van der Waals surface area (Å²) in [7, 11) is 1.00. The van der Waals surface area contributed by atoms with Gasteiger partial charge in [-0.3, -0.25) is 4.79 Å². The molecule has 0 radical (unpaired) electrons. The molecule has 0 saturated heterocycles. The van der Waals surface area contributed by atoms with Crippen LogP contribution in [0.5, 0.6) is 0 Å². The Morgan fingerprint density at radius 2 is 1.76 bits per heavy atom. The lowest BCUT2D eigenvalue weighted by atomic mass is 9.85. The average Bonchev–Trinajstić information content (AvgIpc) is 2.75. The van der Waals surface area contributed by atoms with Gasteiger partial charge in [-0.05, 0) is 36.8 Å². The zero-order valence-corrected chi connectivity index (χ0v) is 17.0. The summed E-state index contributed by atoms with van der Waals surface area (Å²) in [6.07, 6.45) is 12.4. The zero-order valence-electron chi connectivity index (χ0n) is 17.0. The van der Waals surface area contributed by atoms with Crippen LogP contribution in [0.2, 0.25) is 0 Å². The van der Waals surface area contributed by atoms with E-state index in [1.807, 2.05) is 19.1 Å². The van der Waals surface area contributed by atoms with Crippen LogP contribution in [0.3, 0.4) is 0 Å². The smallest absolute Gasteiger partial charge is 0.194 e. The van der Waals surface area contributed by atoms with Crippen molar-refractivity contribution in [1.82, 2.24) is 9.97 Å². The molecule has 1 aromatic heterocycles. The van der Waals surface area contributed by atoms with Crippen LogP contribution >= 0.6 is 0 Å². The van der Waals surface area contributed by atoms with E-state index in [4.69, 9.17) is 5.11 Å². The van der Waals surface area contributed by atoms with Gasteiger partial charge >= 0.3 is 0 Å². The first-order chi connectivity index (χ1) is 14.2. The summed E-state index contributed by atoms with van der Waals surface area (Å²) in [5, 5.41) is 13.7. The molecule has 0 bridgehead atoms. The molecule has 1 saturated carbocycles. The highest BCUT2D eigenvalue weighted by Gasteiger charge is 2.19. The minimum absolute atomic E-state index is 0.187. The van der Waals surface area contributed by atoms with Gasteiger partial charge in [-0.2, -0.15) is 0 Å². The second-order valence-electron chi connectivity index (χ2n) is 6.49. The van der Waals surface area contributed by atoms with E-state index in [9.17, 15) is 9.18 Å². The number of carbonyl (C=O) groups is 1. The van der Waals surface area contributed by atoms with Crippen molar-refractivity contribution >= 4 is 17.8 Å². The summed E-state index contributed by atoms with van der Waals surface area (Å²) < 4.78 is 12.6. The first-order valence-corrected chi connectivity index (χ1v) is 9.43. The number of anilines is 2. The highest BCUT2D eigenvalue weighted by atomic mass is 19.1. The minimum atomic E-state index is -0.455. The number of hydrogen-bond acceptors (Lipinski definition) is 6. The summed E-state index contributed by atoms with van der Waals surface area (Å²) in [5.41, 5.74) is 3.25. The molecule has 1 fully saturated rings. The number of rotatable bonds is 8. The largest absolute Gasteiger partial charge is 0.400 e. The van der Waals surface area contributed by atoms with Crippen molar-refractivity contribution in [2.75, 3.05) is 24.3 Å². The van der Waals surface area contributed by atoms with E-state index in [-0.39, 0.29) is 5.82 Å². The zero-order chi connectivity index (χ0) is 21.6. The fourth-order valence-corrected chi connectivity index (χ4v) is 2.86. The van der Waals surface area contributed by atoms with Crippen molar-refractivity contribution in [1.29, 1.82) is 0 Å². The molecule has 3 N–H and O–H groups in total. The van der Waals surface area contributed by atoms with E-state index in [0.29, 0.717) is 30.1 Å². The predicted molar refractivity (Wildman–Crippen MR) is 115 cm³/mol. The maximum atomic E-state index is 12.6. The molecule has 0 amide bonds. The number of carbonyl (C=O) groups excluding carboxylic acids is 1. The highest BCUT2D eigenvalue weighted by Crippen LogP contribution is 2.28. The number of aryl methyl sites for hydroxylation is 1. The fourth-order valence-electron chi connectivity index (χ4n) is 2.86. The van der Waals surface area contributed by atoms with Gasteiger partial charge < -0.3 is 15.7 Å². The summed E-state index contributed by atoms with van der Waals surface area (Å²) in [5.74, 6) is 1.53. The molecule has 7 heteroatoms. The van der Waals surface area contributed by atoms with Crippen molar-refractivity contribution < 1.29 is 14.3 Å². The van der Waals surface area contributed by atoms with Gasteiger partial charge in [0.25, 0.3) is 0 Å². The number of terminal acetylenes is 1. The molecule has 2 aromatic rings. The first kappa shape index (κ1) is 24.1. The van der Waals surface area contributed by atoms with Crippen LogP contribution in [-0.4, -0.2) is 35.0 Å². The summed E-state index contributed by atoms with van der Waals surface area (Å²) in [6, 6.07) is 7.37. The van der Waals surface area contributed by atoms with Crippen molar-refractivity contribution in [2.24, 2.45) is 5.92 Å². The number of hydrogen-bond donors (Lipinski definition) is 3. The van der Waals surface area contributed by atoms with Crippen LogP contribution < -0.4 is 10.6 Å². The third-order valence-electron chi connectivity index (χ3n) is 4.64. The Morgan fingerprint density at radius 1 is 1.14 bits per heavy atom. The number of aliphatic hydroxyl groups is 1. The lowest BCUT2D eigenvalue weighted by Gasteiger charge is -2.26. The van der Waals surface area contributed by atoms with Crippen LogP contribution in [0.15, 0.2) is 24.3 Å². The van der Waals surface area contributed by atoms with E-state index >= 15 is 0 Å². The first-order valence-electron chi connectivity index (χ1n) is 9.43. The molecule has 1 aromatic carbocycles. The molecule has 1 heterocycles. The molecule has 1 aliphatic rings. The molecule has 1 aliphatic carbocycles. The van der Waals surface area contributed by atoms with Crippen LogP contribution in [0, 0.1) is 25.7 Å². The molecular formula is C22H29FN4O2. The Bertz CT molecular complexity index is 774. The van der Waals surface area contributed by atoms with Crippen LogP contribution in [0.1, 0.15) is 46.7 Å². The number of aliphatic hydroxyl groups excluding tert-OH is 1. The second kappa shape index (κ2) is 13.2. The maximum Gasteiger partial charge on any atom is 0.194 e. The Balaban J connectivity index is 0.000000989. The standard InChI is InChI=1S/C19H23FN4O.C2H2.CH4O/c1-13-18(21-10-16-7-5-14(9-20)6-8-16)19(24-17(12-25)23-13)22-11-15-3-2-4-15;2*1-2/h5-8,12,15,21H,2-4,9-11H2,1H3,(H,22,23,24);1-2H;2H,1H3. The van der Waals surface area contributed by atoms with E-state index < -0.39 is 6.67 Å². The molecule has 0 aliphatic heterocycles. The van der Waals surface area contributed by atoms with Gasteiger partial charge in [0.05, 0.1) is 11.4 Å². The van der Waals surface area contributed by atoms with Crippen molar-refractivity contribution in [3.8, 4) is 12.8 Å². The summed E-state index contributed by atoms with van der Waals surface area (Å²) >= 11 is 0. The number of nitrogens with zero attached hydrogens (tertiary/aromatic N) is 2. The van der Waals surface area contributed by atoms with Crippen LogP contribution in [0.25, 0.3) is 0 Å². The van der Waals surface area contributed by atoms with Crippen molar-refractivity contribution in [2.45, 2.75) is 39.4 Å². The SMILES string of the molecule is C#C.CO.Cc1nc(C=O)nc(NCC2CCC2)c1NCc1ccc(CF)cc1. The van der Waals surface area contributed by atoms with E-state index in [0.717, 1.165) is 30.6 Å². The average molecular weight is 400 g/mol. The van der Waals surface area contributed by atoms with E-state index in [1.54, 1.807) is 12.1 Å².